The smallest absolute Gasteiger partial charge is 0.269 e. The molecule has 4 heteroatoms. The largest absolute Gasteiger partial charge is 0.493 e. The molecule has 0 bridgehead atoms. The van der Waals surface area contributed by atoms with Crippen LogP contribution in [-0.4, -0.2) is 14.5 Å². The Morgan fingerprint density at radius 3 is 2.90 bits per heavy atom. The highest BCUT2D eigenvalue weighted by Crippen LogP contribution is 2.20. The molecule has 0 spiro atoms. The third-order valence-electron chi connectivity index (χ3n) is 3.76. The summed E-state index contributed by atoms with van der Waals surface area (Å²) in [6.07, 6.45) is 4.42. The van der Waals surface area contributed by atoms with E-state index < -0.39 is 0 Å². The van der Waals surface area contributed by atoms with Gasteiger partial charge in [0.2, 0.25) is 5.88 Å². The number of hydrogen-bond acceptors (Lipinski definition) is 3. The number of aryl methyl sites for hydroxylation is 1. The highest BCUT2D eigenvalue weighted by molar-refractivity contribution is 5.59. The summed E-state index contributed by atoms with van der Waals surface area (Å²) in [7, 11) is 0. The molecule has 0 aromatic carbocycles. The molecule has 1 N–H and O–H groups in total. The Labute approximate surface area is 118 Å². The monoisotopic (exact) mass is 272 g/mol. The molecule has 0 fully saturated rings. The van der Waals surface area contributed by atoms with Crippen LogP contribution in [-0.2, 0) is 0 Å². The first-order valence-electron chi connectivity index (χ1n) is 6.84. The quantitative estimate of drug-likeness (QED) is 0.933. The van der Waals surface area contributed by atoms with E-state index in [4.69, 9.17) is 0 Å². The molecule has 0 unspecified atom stereocenters. The molecule has 1 atom stereocenters. The summed E-state index contributed by atoms with van der Waals surface area (Å²) in [5, 5.41) is 10.0. The number of pyridine rings is 1. The van der Waals surface area contributed by atoms with Crippen molar-refractivity contribution in [3.05, 3.63) is 45.4 Å². The lowest BCUT2D eigenvalue weighted by Gasteiger charge is -2.10. The van der Waals surface area contributed by atoms with Crippen molar-refractivity contribution < 1.29 is 5.11 Å². The van der Waals surface area contributed by atoms with Crippen LogP contribution in [0.25, 0.3) is 11.7 Å². The second-order valence-electron chi connectivity index (χ2n) is 5.28. The number of rotatable bonds is 3. The van der Waals surface area contributed by atoms with Crippen molar-refractivity contribution in [2.75, 3.05) is 0 Å². The van der Waals surface area contributed by atoms with E-state index in [1.54, 1.807) is 18.3 Å². The molecule has 2 heterocycles. The average molecular weight is 272 g/mol. The predicted molar refractivity (Wildman–Crippen MR) is 81.0 cm³/mol. The summed E-state index contributed by atoms with van der Waals surface area (Å²) in [5.74, 6) is 0.163. The van der Waals surface area contributed by atoms with Gasteiger partial charge in [0.25, 0.3) is 5.56 Å². The van der Waals surface area contributed by atoms with Crippen molar-refractivity contribution >= 4 is 11.7 Å². The highest BCUT2D eigenvalue weighted by Gasteiger charge is 2.11. The molecule has 0 aliphatic heterocycles. The van der Waals surface area contributed by atoms with Gasteiger partial charge in [-0.2, -0.15) is 4.98 Å². The maximum atomic E-state index is 12.4. The first-order valence-corrected chi connectivity index (χ1v) is 6.84. The standard InChI is InChI=1S/C16H20N2O2/c1-5-11(3)12(4)9-13-15(19)17-14-8-10(2)6-7-18(14)16(13)20/h6-9,11,19H,5H2,1-4H3/b12-9-/t11-/m1/s1. The van der Waals surface area contributed by atoms with Crippen molar-refractivity contribution in [3.63, 3.8) is 0 Å². The number of allylic oxidation sites excluding steroid dienone is 1. The van der Waals surface area contributed by atoms with E-state index in [0.717, 1.165) is 17.6 Å². The maximum Gasteiger partial charge on any atom is 0.269 e. The highest BCUT2D eigenvalue weighted by atomic mass is 16.3. The summed E-state index contributed by atoms with van der Waals surface area (Å²) in [5.41, 5.74) is 2.54. The van der Waals surface area contributed by atoms with Crippen LogP contribution >= 0.6 is 0 Å². The van der Waals surface area contributed by atoms with Gasteiger partial charge in [0, 0.05) is 6.20 Å². The number of aromatic nitrogens is 2. The molecule has 4 nitrogen and oxygen atoms in total. The van der Waals surface area contributed by atoms with Gasteiger partial charge in [-0.05, 0) is 50.0 Å². The molecule has 0 saturated heterocycles. The van der Waals surface area contributed by atoms with E-state index in [1.165, 1.54) is 4.40 Å². The maximum absolute atomic E-state index is 12.4. The Morgan fingerprint density at radius 1 is 1.55 bits per heavy atom. The van der Waals surface area contributed by atoms with Crippen LogP contribution in [0.2, 0.25) is 0 Å². The van der Waals surface area contributed by atoms with E-state index in [1.807, 2.05) is 19.9 Å². The minimum Gasteiger partial charge on any atom is -0.493 e. The Bertz CT molecular complexity index is 729. The second kappa shape index (κ2) is 5.49. The van der Waals surface area contributed by atoms with Crippen molar-refractivity contribution in [2.45, 2.75) is 34.1 Å². The lowest BCUT2D eigenvalue weighted by molar-refractivity contribution is 0.451. The van der Waals surface area contributed by atoms with E-state index in [2.05, 4.69) is 18.8 Å². The molecule has 2 rings (SSSR count). The lowest BCUT2D eigenvalue weighted by atomic mass is 9.98. The topological polar surface area (TPSA) is 54.6 Å². The first-order chi connectivity index (χ1) is 9.43. The van der Waals surface area contributed by atoms with Gasteiger partial charge in [-0.25, -0.2) is 0 Å². The van der Waals surface area contributed by atoms with Gasteiger partial charge < -0.3 is 5.11 Å². The minimum atomic E-state index is -0.241. The summed E-state index contributed by atoms with van der Waals surface area (Å²) in [6, 6.07) is 3.62. The van der Waals surface area contributed by atoms with Gasteiger partial charge in [0.1, 0.15) is 11.2 Å². The Morgan fingerprint density at radius 2 is 2.25 bits per heavy atom. The van der Waals surface area contributed by atoms with Crippen LogP contribution in [0.4, 0.5) is 0 Å². The third kappa shape index (κ3) is 2.59. The normalized spacial score (nSPS) is 13.7. The van der Waals surface area contributed by atoms with E-state index in [0.29, 0.717) is 11.6 Å². The molecule has 0 aliphatic carbocycles. The van der Waals surface area contributed by atoms with Crippen LogP contribution in [0.15, 0.2) is 28.7 Å². The first kappa shape index (κ1) is 14.3. The lowest BCUT2D eigenvalue weighted by Crippen LogP contribution is -2.18. The average Bonchev–Trinajstić information content (AvgIpc) is 2.41. The number of fused-ring (bicyclic) bond motifs is 1. The zero-order valence-electron chi connectivity index (χ0n) is 12.3. The molecule has 0 saturated carbocycles. The van der Waals surface area contributed by atoms with Gasteiger partial charge in [-0.3, -0.25) is 9.20 Å². The van der Waals surface area contributed by atoms with Crippen molar-refractivity contribution in [2.24, 2.45) is 5.92 Å². The molecule has 2 aromatic heterocycles. The molecular weight excluding hydrogens is 252 g/mol. The molecule has 0 aliphatic rings. The fourth-order valence-electron chi connectivity index (χ4n) is 2.06. The summed E-state index contributed by atoms with van der Waals surface area (Å²) in [4.78, 5) is 16.5. The number of aromatic hydroxyl groups is 1. The molecule has 2 aromatic rings. The molecule has 106 valence electrons. The van der Waals surface area contributed by atoms with E-state index >= 15 is 0 Å². The zero-order valence-corrected chi connectivity index (χ0v) is 12.3. The zero-order chi connectivity index (χ0) is 14.9. The number of hydrogen-bond donors (Lipinski definition) is 1. The fraction of sp³-hybridized carbons (Fsp3) is 0.375. The minimum absolute atomic E-state index is 0.205. The fourth-order valence-corrected chi connectivity index (χ4v) is 2.06. The molecule has 0 radical (unpaired) electrons. The Hall–Kier alpha value is -2.10. The van der Waals surface area contributed by atoms with Crippen LogP contribution in [0, 0.1) is 12.8 Å². The van der Waals surface area contributed by atoms with Crippen LogP contribution in [0.1, 0.15) is 38.3 Å². The van der Waals surface area contributed by atoms with Crippen LogP contribution < -0.4 is 5.56 Å². The SMILES string of the molecule is CC[C@@H](C)/C(C)=C\c1c(O)nc2cc(C)ccn2c1=O. The van der Waals surface area contributed by atoms with Gasteiger partial charge in [-0.15, -0.1) is 0 Å². The second-order valence-corrected chi connectivity index (χ2v) is 5.28. The van der Waals surface area contributed by atoms with Crippen molar-refractivity contribution in [1.29, 1.82) is 0 Å². The van der Waals surface area contributed by atoms with Gasteiger partial charge in [0.05, 0.1) is 0 Å². The van der Waals surface area contributed by atoms with Crippen LogP contribution in [0.5, 0.6) is 5.88 Å². The van der Waals surface area contributed by atoms with Gasteiger partial charge >= 0.3 is 0 Å². The summed E-state index contributed by atoms with van der Waals surface area (Å²) in [6.45, 7) is 8.08. The molecule has 20 heavy (non-hydrogen) atoms. The molecular formula is C16H20N2O2. The van der Waals surface area contributed by atoms with Crippen molar-refractivity contribution in [1.82, 2.24) is 9.38 Å². The number of nitrogens with zero attached hydrogens (tertiary/aromatic N) is 2. The van der Waals surface area contributed by atoms with Gasteiger partial charge in [-0.1, -0.05) is 19.4 Å². The van der Waals surface area contributed by atoms with E-state index in [-0.39, 0.29) is 17.0 Å². The Balaban J connectivity index is 2.66. The van der Waals surface area contributed by atoms with E-state index in [9.17, 15) is 9.90 Å². The predicted octanol–water partition coefficient (Wildman–Crippen LogP) is 3.16. The Kier molecular flexibility index (Phi) is 3.93. The third-order valence-corrected chi connectivity index (χ3v) is 3.76. The van der Waals surface area contributed by atoms with Gasteiger partial charge in [0.15, 0.2) is 0 Å². The summed E-state index contributed by atoms with van der Waals surface area (Å²) >= 11 is 0. The summed E-state index contributed by atoms with van der Waals surface area (Å²) < 4.78 is 1.46. The molecule has 0 amide bonds. The van der Waals surface area contributed by atoms with Crippen molar-refractivity contribution in [3.8, 4) is 5.88 Å². The van der Waals surface area contributed by atoms with Crippen LogP contribution in [0.3, 0.4) is 0 Å².